The van der Waals surface area contributed by atoms with Crippen LogP contribution in [-0.4, -0.2) is 61.5 Å². The molecule has 0 radical (unpaired) electrons. The van der Waals surface area contributed by atoms with Crippen LogP contribution < -0.4 is 19.9 Å². The van der Waals surface area contributed by atoms with E-state index in [2.05, 4.69) is 5.10 Å². The van der Waals surface area contributed by atoms with E-state index in [0.29, 0.717) is 53.1 Å². The second-order valence-corrected chi connectivity index (χ2v) is 11.2. The third-order valence-electron chi connectivity index (χ3n) is 6.32. The number of thiophene rings is 1. The second-order valence-electron chi connectivity index (χ2n) is 8.35. The molecule has 1 amide bonds. The number of nitrogens with zero attached hydrogens (tertiary/aromatic N) is 3. The number of aromatic nitrogens is 2. The molecule has 0 unspecified atom stereocenters. The summed E-state index contributed by atoms with van der Waals surface area (Å²) in [4.78, 5) is 12.6. The van der Waals surface area contributed by atoms with E-state index < -0.39 is 15.9 Å². The van der Waals surface area contributed by atoms with E-state index in [1.165, 1.54) is 16.4 Å². The van der Waals surface area contributed by atoms with Crippen molar-refractivity contribution in [2.75, 3.05) is 33.1 Å². The smallest absolute Gasteiger partial charge is 0.259 e. The Balaban J connectivity index is 1.51. The monoisotopic (exact) mass is 518 g/mol. The predicted molar refractivity (Wildman–Crippen MR) is 125 cm³/mol. The highest BCUT2D eigenvalue weighted by Crippen LogP contribution is 2.50. The lowest BCUT2D eigenvalue weighted by molar-refractivity contribution is 0.0730. The van der Waals surface area contributed by atoms with Crippen LogP contribution in [0.3, 0.4) is 0 Å². The maximum Gasteiger partial charge on any atom is 0.259 e. The number of hydrogen-bond donors (Lipinski definition) is 1. The van der Waals surface area contributed by atoms with Gasteiger partial charge in [-0.3, -0.25) is 9.48 Å². The molecule has 2 N–H and O–H groups in total. The molecule has 0 bridgehead atoms. The molecule has 11 nitrogen and oxygen atoms in total. The van der Waals surface area contributed by atoms with Crippen molar-refractivity contribution in [1.29, 1.82) is 0 Å². The summed E-state index contributed by atoms with van der Waals surface area (Å²) in [6.45, 7) is 1.06. The molecule has 2 aliphatic heterocycles. The predicted octanol–water partition coefficient (Wildman–Crippen LogP) is 1.89. The molecule has 3 aromatic rings. The maximum absolute atomic E-state index is 13.6. The third kappa shape index (κ3) is 3.57. The van der Waals surface area contributed by atoms with Crippen LogP contribution in [0.1, 0.15) is 20.8 Å². The Morgan fingerprint density at radius 1 is 1.17 bits per heavy atom. The first-order chi connectivity index (χ1) is 16.8. The number of aryl methyl sites for hydroxylation is 2. The minimum Gasteiger partial charge on any atom is -0.454 e. The molecule has 4 heterocycles. The topological polar surface area (TPSA) is 135 Å². The van der Waals surface area contributed by atoms with Crippen molar-refractivity contribution >= 4 is 27.3 Å². The Bertz CT molecular complexity index is 1450. The Morgan fingerprint density at radius 3 is 2.66 bits per heavy atom. The molecule has 13 heteroatoms. The lowest BCUT2D eigenvalue weighted by Crippen LogP contribution is -2.40. The zero-order valence-corrected chi connectivity index (χ0v) is 20.4. The number of ether oxygens (including phenoxy) is 4. The molecular weight excluding hydrogens is 496 g/mol. The summed E-state index contributed by atoms with van der Waals surface area (Å²) in [6.07, 6.45) is 3.11. The molecular formula is C22H22N4O7S2. The van der Waals surface area contributed by atoms with Crippen LogP contribution in [0, 0.1) is 0 Å². The molecule has 184 valence electrons. The van der Waals surface area contributed by atoms with Gasteiger partial charge in [0.1, 0.15) is 4.90 Å². The quantitative estimate of drug-likeness (QED) is 0.541. The summed E-state index contributed by atoms with van der Waals surface area (Å²) in [5.74, 6) is 0.223. The number of amides is 1. The molecule has 35 heavy (non-hydrogen) atoms. The first kappa shape index (κ1) is 22.3. The van der Waals surface area contributed by atoms with Crippen molar-refractivity contribution in [3.63, 3.8) is 0 Å². The molecule has 2 aromatic heterocycles. The van der Waals surface area contributed by atoms with Gasteiger partial charge in [-0.1, -0.05) is 11.3 Å². The first-order valence-corrected chi connectivity index (χ1v) is 13.3. The number of fused-ring (bicyclic) bond motifs is 4. The van der Waals surface area contributed by atoms with Gasteiger partial charge >= 0.3 is 0 Å². The molecule has 1 fully saturated rings. The van der Waals surface area contributed by atoms with Crippen LogP contribution in [0.4, 0.5) is 0 Å². The Hall–Kier alpha value is -3.13. The third-order valence-corrected chi connectivity index (χ3v) is 9.37. The summed E-state index contributed by atoms with van der Waals surface area (Å²) in [5, 5.41) is 4.73. The van der Waals surface area contributed by atoms with E-state index in [1.807, 2.05) is 7.05 Å². The fourth-order valence-corrected chi connectivity index (χ4v) is 7.24. The van der Waals surface area contributed by atoms with Crippen molar-refractivity contribution < 1.29 is 32.2 Å². The zero-order chi connectivity index (χ0) is 24.3. The molecule has 6 rings (SSSR count). The van der Waals surface area contributed by atoms with E-state index in [4.69, 9.17) is 24.7 Å². The van der Waals surface area contributed by atoms with Crippen LogP contribution in [0.15, 0.2) is 23.2 Å². The minimum absolute atomic E-state index is 0.0194. The van der Waals surface area contributed by atoms with Gasteiger partial charge in [0, 0.05) is 32.3 Å². The normalized spacial score (nSPS) is 17.2. The number of morpholine rings is 1. The molecule has 0 saturated carbocycles. The minimum atomic E-state index is -3.93. The number of benzene rings is 1. The van der Waals surface area contributed by atoms with Crippen LogP contribution in [0.25, 0.3) is 11.3 Å². The summed E-state index contributed by atoms with van der Waals surface area (Å²) < 4.78 is 52.9. The van der Waals surface area contributed by atoms with E-state index in [0.717, 1.165) is 28.2 Å². The van der Waals surface area contributed by atoms with Gasteiger partial charge in [-0.15, -0.1) is 0 Å². The van der Waals surface area contributed by atoms with E-state index in [-0.39, 0.29) is 30.5 Å². The van der Waals surface area contributed by atoms with Crippen molar-refractivity contribution in [3.8, 4) is 33.6 Å². The Morgan fingerprint density at radius 2 is 1.91 bits per heavy atom. The highest BCUT2D eigenvalue weighted by atomic mass is 32.2. The number of primary amides is 1. The van der Waals surface area contributed by atoms with Gasteiger partial charge in [-0.05, 0) is 24.0 Å². The molecule has 0 atom stereocenters. The van der Waals surface area contributed by atoms with Gasteiger partial charge in [0.25, 0.3) is 5.91 Å². The highest BCUT2D eigenvalue weighted by molar-refractivity contribution is 7.89. The van der Waals surface area contributed by atoms with Crippen LogP contribution in [0.2, 0.25) is 0 Å². The Labute approximate surface area is 205 Å². The molecule has 1 aliphatic carbocycles. The number of carbonyl (C=O) groups is 1. The second kappa shape index (κ2) is 8.22. The Kier molecular flexibility index (Phi) is 5.25. The fraction of sp³-hybridized carbons (Fsp3) is 0.364. The molecule has 1 saturated heterocycles. The van der Waals surface area contributed by atoms with Gasteiger partial charge in [0.05, 0.1) is 35.5 Å². The maximum atomic E-state index is 13.6. The van der Waals surface area contributed by atoms with Crippen molar-refractivity contribution in [3.05, 3.63) is 34.3 Å². The number of sulfonamides is 1. The van der Waals surface area contributed by atoms with Crippen LogP contribution in [0.5, 0.6) is 22.3 Å². The van der Waals surface area contributed by atoms with Crippen LogP contribution >= 0.6 is 11.3 Å². The number of hydrogen-bond acceptors (Lipinski definition) is 9. The fourth-order valence-electron chi connectivity index (χ4n) is 4.65. The van der Waals surface area contributed by atoms with Crippen molar-refractivity contribution in [1.82, 2.24) is 14.1 Å². The molecule has 0 spiro atoms. The standard InChI is InChI=1S/C22H22N4O7S2/c1-25-19-12(10-24-25)2-3-13-18(19)22(34-20(13)21(23)27)33-16-8-14-15(32-11-31-14)9-17(16)35(28,29)26-4-6-30-7-5-26/h8-10H,2-7,11H2,1H3,(H2,23,27). The number of carbonyl (C=O) groups excluding carboxylic acids is 1. The van der Waals surface area contributed by atoms with E-state index >= 15 is 0 Å². The summed E-state index contributed by atoms with van der Waals surface area (Å²) in [7, 11) is -2.12. The molecule has 3 aliphatic rings. The van der Waals surface area contributed by atoms with Gasteiger partial charge in [0.15, 0.2) is 22.3 Å². The SMILES string of the molecule is Cn1ncc2c1-c1c(Oc3cc4c(cc3S(=O)(=O)N3CCOCC3)OCO4)sc(C(N)=O)c1CC2. The van der Waals surface area contributed by atoms with Gasteiger partial charge in [-0.2, -0.15) is 9.40 Å². The largest absolute Gasteiger partial charge is 0.454 e. The average molecular weight is 519 g/mol. The van der Waals surface area contributed by atoms with Crippen molar-refractivity contribution in [2.24, 2.45) is 12.8 Å². The van der Waals surface area contributed by atoms with Crippen LogP contribution in [-0.2, 0) is 34.6 Å². The lowest BCUT2D eigenvalue weighted by atomic mass is 9.91. The average Bonchev–Trinajstić information content (AvgIpc) is 3.56. The summed E-state index contributed by atoms with van der Waals surface area (Å²) in [6, 6.07) is 2.94. The summed E-state index contributed by atoms with van der Waals surface area (Å²) >= 11 is 1.10. The van der Waals surface area contributed by atoms with E-state index in [9.17, 15) is 13.2 Å². The highest BCUT2D eigenvalue weighted by Gasteiger charge is 2.35. The first-order valence-electron chi connectivity index (χ1n) is 11.0. The molecule has 1 aromatic carbocycles. The van der Waals surface area contributed by atoms with E-state index in [1.54, 1.807) is 10.9 Å². The number of nitrogens with two attached hydrogens (primary N) is 1. The lowest BCUT2D eigenvalue weighted by Gasteiger charge is -2.27. The zero-order valence-electron chi connectivity index (χ0n) is 18.8. The van der Waals surface area contributed by atoms with Gasteiger partial charge in [-0.25, -0.2) is 8.42 Å². The van der Waals surface area contributed by atoms with Crippen molar-refractivity contribution in [2.45, 2.75) is 17.7 Å². The van der Waals surface area contributed by atoms with Gasteiger partial charge in [0.2, 0.25) is 16.8 Å². The summed E-state index contributed by atoms with van der Waals surface area (Å²) in [5.41, 5.74) is 9.02. The van der Waals surface area contributed by atoms with Gasteiger partial charge < -0.3 is 24.7 Å². The number of rotatable bonds is 5.